The van der Waals surface area contributed by atoms with E-state index in [1.54, 1.807) is 41.3 Å². The monoisotopic (exact) mass is 438 g/mol. The van der Waals surface area contributed by atoms with Crippen LogP contribution < -0.4 is 18.9 Å². The minimum Gasteiger partial charge on any atom is -0.497 e. The zero-order chi connectivity index (χ0) is 23.1. The van der Waals surface area contributed by atoms with E-state index in [0.717, 1.165) is 0 Å². The van der Waals surface area contributed by atoms with Gasteiger partial charge in [-0.1, -0.05) is 0 Å². The smallest absolute Gasteiger partial charge is 0.314 e. The molecule has 2 aromatic carbocycles. The number of nitrogens with zero attached hydrogens (tertiary/aromatic N) is 2. The number of rotatable bonds is 7. The van der Waals surface area contributed by atoms with Gasteiger partial charge < -0.3 is 23.8 Å². The van der Waals surface area contributed by atoms with Gasteiger partial charge in [-0.15, -0.1) is 0 Å². The Balaban J connectivity index is 1.63. The van der Waals surface area contributed by atoms with Crippen molar-refractivity contribution in [2.24, 2.45) is 5.92 Å². The average molecular weight is 438 g/mol. The SMILES string of the molecule is CCOc1cc(C#N)ccc1OC(=O)C1CCN(C(=O)c2cc(OC)cc(OC)c2)CC1. The van der Waals surface area contributed by atoms with E-state index in [0.29, 0.717) is 60.9 Å². The number of carbonyl (C=O) groups is 2. The highest BCUT2D eigenvalue weighted by Crippen LogP contribution is 2.31. The van der Waals surface area contributed by atoms with E-state index in [4.69, 9.17) is 24.2 Å². The molecule has 2 aromatic rings. The Bertz CT molecular complexity index is 999. The molecule has 1 amide bonds. The molecule has 1 saturated heterocycles. The molecule has 0 unspecified atom stereocenters. The summed E-state index contributed by atoms with van der Waals surface area (Å²) in [6.45, 7) is 3.07. The summed E-state index contributed by atoms with van der Waals surface area (Å²) in [4.78, 5) is 27.4. The van der Waals surface area contributed by atoms with E-state index >= 15 is 0 Å². The molecule has 0 spiro atoms. The third-order valence-electron chi connectivity index (χ3n) is 5.30. The Hall–Kier alpha value is -3.73. The number of amides is 1. The number of likely N-dealkylation sites (tertiary alicyclic amines) is 1. The van der Waals surface area contributed by atoms with Crippen molar-refractivity contribution in [2.45, 2.75) is 19.8 Å². The molecule has 0 saturated carbocycles. The summed E-state index contributed by atoms with van der Waals surface area (Å²) in [5.41, 5.74) is 0.899. The van der Waals surface area contributed by atoms with Gasteiger partial charge in [-0.3, -0.25) is 9.59 Å². The van der Waals surface area contributed by atoms with Gasteiger partial charge in [-0.2, -0.15) is 5.26 Å². The number of carbonyl (C=O) groups excluding carboxylic acids is 2. The van der Waals surface area contributed by atoms with Crippen molar-refractivity contribution in [1.82, 2.24) is 4.90 Å². The molecule has 1 fully saturated rings. The van der Waals surface area contributed by atoms with E-state index in [9.17, 15) is 9.59 Å². The molecule has 1 aliphatic rings. The third-order valence-corrected chi connectivity index (χ3v) is 5.30. The van der Waals surface area contributed by atoms with Crippen LogP contribution in [0, 0.1) is 17.2 Å². The lowest BCUT2D eigenvalue weighted by atomic mass is 9.96. The van der Waals surface area contributed by atoms with Gasteiger partial charge in [0.25, 0.3) is 5.91 Å². The van der Waals surface area contributed by atoms with Crippen LogP contribution in [-0.2, 0) is 4.79 Å². The van der Waals surface area contributed by atoms with Gasteiger partial charge in [-0.25, -0.2) is 0 Å². The van der Waals surface area contributed by atoms with Crippen LogP contribution >= 0.6 is 0 Å². The van der Waals surface area contributed by atoms with Gasteiger partial charge in [0.05, 0.1) is 38.4 Å². The van der Waals surface area contributed by atoms with Gasteiger partial charge in [0, 0.05) is 30.8 Å². The first kappa shape index (κ1) is 22.9. The molecule has 0 atom stereocenters. The maximum absolute atomic E-state index is 12.9. The Morgan fingerprint density at radius 1 is 1.03 bits per heavy atom. The summed E-state index contributed by atoms with van der Waals surface area (Å²) in [6, 6.07) is 11.8. The van der Waals surface area contributed by atoms with E-state index < -0.39 is 0 Å². The van der Waals surface area contributed by atoms with Crippen molar-refractivity contribution in [3.63, 3.8) is 0 Å². The van der Waals surface area contributed by atoms with E-state index in [1.807, 2.05) is 13.0 Å². The number of piperidine rings is 1. The van der Waals surface area contributed by atoms with Crippen LogP contribution in [0.25, 0.3) is 0 Å². The summed E-state index contributed by atoms with van der Waals surface area (Å²) in [6.07, 6.45) is 0.984. The first-order valence-corrected chi connectivity index (χ1v) is 10.4. The number of esters is 1. The first-order valence-electron chi connectivity index (χ1n) is 10.4. The molecule has 0 radical (unpaired) electrons. The maximum Gasteiger partial charge on any atom is 0.314 e. The van der Waals surface area contributed by atoms with Crippen LogP contribution in [0.1, 0.15) is 35.7 Å². The molecule has 0 N–H and O–H groups in total. The number of ether oxygens (including phenoxy) is 4. The zero-order valence-electron chi connectivity index (χ0n) is 18.4. The van der Waals surface area contributed by atoms with Gasteiger partial charge in [0.2, 0.25) is 0 Å². The largest absolute Gasteiger partial charge is 0.497 e. The highest BCUT2D eigenvalue weighted by molar-refractivity contribution is 5.95. The molecule has 8 nitrogen and oxygen atoms in total. The standard InChI is InChI=1S/C24H26N2O6/c1-4-31-22-11-16(15-25)5-6-21(22)32-24(28)17-7-9-26(10-8-17)23(27)18-12-19(29-2)14-20(13-18)30-3/h5-6,11-14,17H,4,7-10H2,1-3H3. The van der Waals surface area contributed by atoms with Crippen molar-refractivity contribution in [3.05, 3.63) is 47.5 Å². The van der Waals surface area contributed by atoms with Crippen LogP contribution in [-0.4, -0.2) is 50.7 Å². The summed E-state index contributed by atoms with van der Waals surface area (Å²) < 4.78 is 21.6. The Morgan fingerprint density at radius 3 is 2.25 bits per heavy atom. The molecular weight excluding hydrogens is 412 g/mol. The molecule has 8 heteroatoms. The normalized spacial score (nSPS) is 13.8. The fraction of sp³-hybridized carbons (Fsp3) is 0.375. The third kappa shape index (κ3) is 5.30. The molecular formula is C24H26N2O6. The predicted molar refractivity (Wildman–Crippen MR) is 116 cm³/mol. The molecule has 0 aromatic heterocycles. The fourth-order valence-corrected chi connectivity index (χ4v) is 3.55. The highest BCUT2D eigenvalue weighted by Gasteiger charge is 2.30. The van der Waals surface area contributed by atoms with Crippen LogP contribution in [0.3, 0.4) is 0 Å². The Morgan fingerprint density at radius 2 is 1.69 bits per heavy atom. The summed E-state index contributed by atoms with van der Waals surface area (Å²) >= 11 is 0. The van der Waals surface area contributed by atoms with Crippen LogP contribution in [0.4, 0.5) is 0 Å². The van der Waals surface area contributed by atoms with Crippen molar-refractivity contribution in [2.75, 3.05) is 33.9 Å². The second kappa shape index (κ2) is 10.5. The topological polar surface area (TPSA) is 98.1 Å². The van der Waals surface area contributed by atoms with E-state index in [1.165, 1.54) is 14.2 Å². The molecule has 32 heavy (non-hydrogen) atoms. The summed E-state index contributed by atoms with van der Waals surface area (Å²) in [7, 11) is 3.07. The number of hydrogen-bond acceptors (Lipinski definition) is 7. The minimum atomic E-state index is -0.370. The van der Waals surface area contributed by atoms with Crippen LogP contribution in [0.15, 0.2) is 36.4 Å². The van der Waals surface area contributed by atoms with Crippen molar-refractivity contribution in [1.29, 1.82) is 5.26 Å². The fourth-order valence-electron chi connectivity index (χ4n) is 3.55. The second-order valence-corrected chi connectivity index (χ2v) is 7.30. The number of nitriles is 1. The zero-order valence-corrected chi connectivity index (χ0v) is 18.4. The second-order valence-electron chi connectivity index (χ2n) is 7.30. The van der Waals surface area contributed by atoms with Gasteiger partial charge in [0.15, 0.2) is 11.5 Å². The van der Waals surface area contributed by atoms with E-state index in [-0.39, 0.29) is 23.5 Å². The highest BCUT2D eigenvalue weighted by atomic mass is 16.6. The summed E-state index contributed by atoms with van der Waals surface area (Å²) in [5, 5.41) is 9.06. The lowest BCUT2D eigenvalue weighted by molar-refractivity contribution is -0.140. The van der Waals surface area contributed by atoms with Crippen molar-refractivity contribution >= 4 is 11.9 Å². The van der Waals surface area contributed by atoms with Gasteiger partial charge in [0.1, 0.15) is 11.5 Å². The van der Waals surface area contributed by atoms with Crippen LogP contribution in [0.5, 0.6) is 23.0 Å². The lowest BCUT2D eigenvalue weighted by Crippen LogP contribution is -2.41. The van der Waals surface area contributed by atoms with Crippen molar-refractivity contribution < 1.29 is 28.5 Å². The number of hydrogen-bond donors (Lipinski definition) is 0. The summed E-state index contributed by atoms with van der Waals surface area (Å²) in [5.74, 6) is 0.893. The number of benzene rings is 2. The Labute approximate surface area is 187 Å². The predicted octanol–water partition coefficient (Wildman–Crippen LogP) is 3.43. The van der Waals surface area contributed by atoms with Crippen LogP contribution in [0.2, 0.25) is 0 Å². The van der Waals surface area contributed by atoms with Gasteiger partial charge in [-0.05, 0) is 44.0 Å². The molecule has 1 aliphatic heterocycles. The van der Waals surface area contributed by atoms with Crippen molar-refractivity contribution in [3.8, 4) is 29.1 Å². The van der Waals surface area contributed by atoms with E-state index in [2.05, 4.69) is 0 Å². The quantitative estimate of drug-likeness (QED) is 0.482. The lowest BCUT2D eigenvalue weighted by Gasteiger charge is -2.31. The Kier molecular flexibility index (Phi) is 7.55. The maximum atomic E-state index is 12.9. The molecule has 0 bridgehead atoms. The van der Waals surface area contributed by atoms with Gasteiger partial charge >= 0.3 is 5.97 Å². The first-order chi connectivity index (χ1) is 15.5. The molecule has 3 rings (SSSR count). The molecule has 168 valence electrons. The number of methoxy groups -OCH3 is 2. The molecule has 0 aliphatic carbocycles. The minimum absolute atomic E-state index is 0.139. The average Bonchev–Trinajstić information content (AvgIpc) is 2.84. The molecule has 1 heterocycles.